The minimum atomic E-state index is -0.191. The Balaban J connectivity index is 1.56. The second kappa shape index (κ2) is 8.26. The topological polar surface area (TPSA) is 51.2 Å². The summed E-state index contributed by atoms with van der Waals surface area (Å²) >= 11 is 0. The van der Waals surface area contributed by atoms with Crippen molar-refractivity contribution in [3.63, 3.8) is 0 Å². The Hall–Kier alpha value is -3.14. The van der Waals surface area contributed by atoms with E-state index in [1.807, 2.05) is 54.6 Å². The van der Waals surface area contributed by atoms with E-state index in [0.29, 0.717) is 17.1 Å². The van der Waals surface area contributed by atoms with Crippen LogP contribution in [0.1, 0.15) is 40.7 Å². The summed E-state index contributed by atoms with van der Waals surface area (Å²) in [5.41, 5.74) is 5.24. The molecule has 0 unspecified atom stereocenters. The largest absolute Gasteiger partial charge is 0.496 e. The number of fused-ring (bicyclic) bond motifs is 1. The lowest BCUT2D eigenvalue weighted by Crippen LogP contribution is -2.15. The van der Waals surface area contributed by atoms with Gasteiger partial charge in [0.15, 0.2) is 0 Å². The Kier molecular flexibility index (Phi) is 5.38. The molecule has 1 N–H and O–H groups in total. The molecule has 0 aliphatic heterocycles. The number of hydrogen-bond acceptors (Lipinski definition) is 3. The number of hydrogen-bond donors (Lipinski definition) is 1. The number of rotatable bonds is 4. The zero-order valence-electron chi connectivity index (χ0n) is 16.1. The molecule has 28 heavy (non-hydrogen) atoms. The molecule has 3 aromatic rings. The van der Waals surface area contributed by atoms with E-state index >= 15 is 0 Å². The van der Waals surface area contributed by atoms with E-state index in [4.69, 9.17) is 4.74 Å². The Morgan fingerprint density at radius 2 is 1.68 bits per heavy atom. The van der Waals surface area contributed by atoms with Gasteiger partial charge in [0, 0.05) is 11.8 Å². The van der Waals surface area contributed by atoms with Crippen molar-refractivity contribution in [2.24, 2.45) is 0 Å². The molecule has 0 fully saturated rings. The van der Waals surface area contributed by atoms with Crippen molar-refractivity contribution >= 4 is 11.7 Å². The van der Waals surface area contributed by atoms with Crippen molar-refractivity contribution in [1.82, 2.24) is 4.98 Å². The lowest BCUT2D eigenvalue weighted by atomic mass is 9.98. The summed E-state index contributed by atoms with van der Waals surface area (Å²) in [7, 11) is 1.61. The highest BCUT2D eigenvalue weighted by molar-refractivity contribution is 6.06. The molecule has 1 aromatic heterocycles. The Labute approximate surface area is 165 Å². The summed E-state index contributed by atoms with van der Waals surface area (Å²) in [4.78, 5) is 17.3. The number of aromatic nitrogens is 1. The van der Waals surface area contributed by atoms with Crippen LogP contribution in [-0.4, -0.2) is 18.0 Å². The third-order valence-electron chi connectivity index (χ3n) is 5.27. The van der Waals surface area contributed by atoms with Gasteiger partial charge >= 0.3 is 0 Å². The van der Waals surface area contributed by atoms with E-state index in [1.54, 1.807) is 13.3 Å². The smallest absolute Gasteiger partial charge is 0.260 e. The van der Waals surface area contributed by atoms with E-state index in [2.05, 4.69) is 10.3 Å². The van der Waals surface area contributed by atoms with Gasteiger partial charge in [-0.05, 0) is 66.6 Å². The van der Waals surface area contributed by atoms with Crippen LogP contribution in [0.2, 0.25) is 0 Å². The van der Waals surface area contributed by atoms with E-state index in [-0.39, 0.29) is 5.91 Å². The second-order valence-corrected chi connectivity index (χ2v) is 7.13. The monoisotopic (exact) mass is 372 g/mol. The molecule has 0 saturated carbocycles. The highest BCUT2D eigenvalue weighted by atomic mass is 16.5. The van der Waals surface area contributed by atoms with Crippen molar-refractivity contribution in [1.29, 1.82) is 0 Å². The zero-order chi connectivity index (χ0) is 19.3. The van der Waals surface area contributed by atoms with Crippen molar-refractivity contribution in [3.8, 4) is 16.9 Å². The molecule has 1 aliphatic carbocycles. The molecule has 4 heteroatoms. The maximum atomic E-state index is 12.9. The van der Waals surface area contributed by atoms with Crippen molar-refractivity contribution in [2.45, 2.75) is 32.1 Å². The third kappa shape index (κ3) is 3.91. The first-order valence-corrected chi connectivity index (χ1v) is 9.77. The number of ether oxygens (including phenoxy) is 1. The molecular weight excluding hydrogens is 348 g/mol. The van der Waals surface area contributed by atoms with Gasteiger partial charge in [0.1, 0.15) is 11.6 Å². The van der Waals surface area contributed by atoms with Crippen molar-refractivity contribution in [3.05, 3.63) is 77.5 Å². The van der Waals surface area contributed by atoms with Gasteiger partial charge in [0.2, 0.25) is 0 Å². The Morgan fingerprint density at radius 1 is 0.929 bits per heavy atom. The lowest BCUT2D eigenvalue weighted by molar-refractivity contribution is 0.102. The van der Waals surface area contributed by atoms with Crippen LogP contribution in [0.5, 0.6) is 5.75 Å². The van der Waals surface area contributed by atoms with Crippen LogP contribution in [-0.2, 0) is 12.8 Å². The van der Waals surface area contributed by atoms with Crippen LogP contribution >= 0.6 is 0 Å². The van der Waals surface area contributed by atoms with Gasteiger partial charge < -0.3 is 10.1 Å². The molecule has 2 aromatic carbocycles. The SMILES string of the molecule is COc1cc2c(cc1C(=O)Nc1ccc(-c3ccccc3)cn1)CCCCC2. The van der Waals surface area contributed by atoms with Crippen molar-refractivity contribution < 1.29 is 9.53 Å². The van der Waals surface area contributed by atoms with Crippen LogP contribution in [0.3, 0.4) is 0 Å². The average Bonchev–Trinajstić information content (AvgIpc) is 2.98. The Bertz CT molecular complexity index is 966. The summed E-state index contributed by atoms with van der Waals surface area (Å²) in [5.74, 6) is 0.963. The molecule has 1 amide bonds. The van der Waals surface area contributed by atoms with Crippen LogP contribution in [0.15, 0.2) is 60.8 Å². The van der Waals surface area contributed by atoms with Crippen LogP contribution in [0.25, 0.3) is 11.1 Å². The first kappa shape index (κ1) is 18.2. The fraction of sp³-hybridized carbons (Fsp3) is 0.250. The number of carbonyl (C=O) groups excluding carboxylic acids is 1. The normalized spacial score (nSPS) is 13.3. The van der Waals surface area contributed by atoms with Crippen LogP contribution in [0, 0.1) is 0 Å². The van der Waals surface area contributed by atoms with Gasteiger partial charge in [-0.15, -0.1) is 0 Å². The minimum absolute atomic E-state index is 0.191. The summed E-state index contributed by atoms with van der Waals surface area (Å²) in [6.45, 7) is 0. The maximum Gasteiger partial charge on any atom is 0.260 e. The molecule has 0 atom stereocenters. The highest BCUT2D eigenvalue weighted by Crippen LogP contribution is 2.29. The second-order valence-electron chi connectivity index (χ2n) is 7.13. The fourth-order valence-electron chi connectivity index (χ4n) is 3.74. The number of benzene rings is 2. The molecule has 1 heterocycles. The first-order chi connectivity index (χ1) is 13.7. The summed E-state index contributed by atoms with van der Waals surface area (Å²) < 4.78 is 5.51. The summed E-state index contributed by atoms with van der Waals surface area (Å²) in [6.07, 6.45) is 7.44. The van der Waals surface area contributed by atoms with Gasteiger partial charge in [-0.2, -0.15) is 0 Å². The predicted molar refractivity (Wildman–Crippen MR) is 112 cm³/mol. The molecule has 1 aliphatic rings. The maximum absolute atomic E-state index is 12.9. The average molecular weight is 372 g/mol. The minimum Gasteiger partial charge on any atom is -0.496 e. The van der Waals surface area contributed by atoms with Gasteiger partial charge in [-0.3, -0.25) is 4.79 Å². The number of carbonyl (C=O) groups is 1. The third-order valence-corrected chi connectivity index (χ3v) is 5.27. The summed E-state index contributed by atoms with van der Waals surface area (Å²) in [5, 5.41) is 2.90. The summed E-state index contributed by atoms with van der Waals surface area (Å²) in [6, 6.07) is 17.9. The molecule has 0 saturated heterocycles. The first-order valence-electron chi connectivity index (χ1n) is 9.77. The molecular formula is C24H24N2O2. The number of nitrogens with zero attached hydrogens (tertiary/aromatic N) is 1. The number of amides is 1. The molecule has 142 valence electrons. The molecule has 0 bridgehead atoms. The number of anilines is 1. The van der Waals surface area contributed by atoms with Gasteiger partial charge in [0.05, 0.1) is 12.7 Å². The fourth-order valence-corrected chi connectivity index (χ4v) is 3.74. The van der Waals surface area contributed by atoms with Crippen LogP contribution in [0.4, 0.5) is 5.82 Å². The zero-order valence-corrected chi connectivity index (χ0v) is 16.1. The van der Waals surface area contributed by atoms with E-state index < -0.39 is 0 Å². The number of nitrogens with one attached hydrogen (secondary N) is 1. The molecule has 0 radical (unpaired) electrons. The van der Waals surface area contributed by atoms with E-state index in [1.165, 1.54) is 30.4 Å². The molecule has 0 spiro atoms. The Morgan fingerprint density at radius 3 is 2.36 bits per heavy atom. The van der Waals surface area contributed by atoms with E-state index in [9.17, 15) is 4.79 Å². The van der Waals surface area contributed by atoms with Gasteiger partial charge in [-0.1, -0.05) is 36.8 Å². The van der Waals surface area contributed by atoms with Crippen LogP contribution < -0.4 is 10.1 Å². The molecule has 4 rings (SSSR count). The number of pyridine rings is 1. The van der Waals surface area contributed by atoms with Crippen molar-refractivity contribution in [2.75, 3.05) is 12.4 Å². The van der Waals surface area contributed by atoms with E-state index in [0.717, 1.165) is 24.0 Å². The lowest BCUT2D eigenvalue weighted by Gasteiger charge is -2.14. The quantitative estimate of drug-likeness (QED) is 0.634. The standard InChI is InChI=1S/C24H24N2O2/c1-28-22-15-19-11-7-3-6-10-18(19)14-21(22)24(27)26-23-13-12-20(16-25-23)17-8-4-2-5-9-17/h2,4-5,8-9,12-16H,3,6-7,10-11H2,1H3,(H,25,26,27). The molecule has 4 nitrogen and oxygen atoms in total. The van der Waals surface area contributed by atoms with Gasteiger partial charge in [0.25, 0.3) is 5.91 Å². The van der Waals surface area contributed by atoms with Gasteiger partial charge in [-0.25, -0.2) is 4.98 Å². The highest BCUT2D eigenvalue weighted by Gasteiger charge is 2.18. The number of aryl methyl sites for hydroxylation is 2. The number of methoxy groups -OCH3 is 1. The predicted octanol–water partition coefficient (Wildman–Crippen LogP) is 5.28.